The summed E-state index contributed by atoms with van der Waals surface area (Å²) in [6.45, 7) is 6.50. The predicted molar refractivity (Wildman–Crippen MR) is 124 cm³/mol. The van der Waals surface area contributed by atoms with Crippen molar-refractivity contribution in [1.82, 2.24) is 4.98 Å². The minimum Gasteiger partial charge on any atom is -0.493 e. The molecule has 1 saturated carbocycles. The summed E-state index contributed by atoms with van der Waals surface area (Å²) in [4.78, 5) is 16.4. The van der Waals surface area contributed by atoms with Crippen molar-refractivity contribution in [2.45, 2.75) is 38.2 Å². The van der Waals surface area contributed by atoms with Gasteiger partial charge >= 0.3 is 0 Å². The Morgan fingerprint density at radius 3 is 2.25 bits per heavy atom. The highest BCUT2D eigenvalue weighted by atomic mass is 16.5. The Labute approximate surface area is 187 Å². The molecule has 0 radical (unpaired) electrons. The number of nitrogens with one attached hydrogen (secondary N) is 1. The molecular formula is C26H29NO5. The zero-order valence-electron chi connectivity index (χ0n) is 19.3. The first-order chi connectivity index (χ1) is 15.3. The number of rotatable bonds is 4. The van der Waals surface area contributed by atoms with Gasteiger partial charge in [0.25, 0.3) is 5.56 Å². The zero-order chi connectivity index (χ0) is 22.8. The third-order valence-corrected chi connectivity index (χ3v) is 7.39. The van der Waals surface area contributed by atoms with Gasteiger partial charge in [0.15, 0.2) is 11.5 Å². The second kappa shape index (κ2) is 7.19. The summed E-state index contributed by atoms with van der Waals surface area (Å²) < 4.78 is 23.3. The number of fused-ring (bicyclic) bond motifs is 5. The number of hydrogen-bond acceptors (Lipinski definition) is 5. The van der Waals surface area contributed by atoms with Gasteiger partial charge in [-0.15, -0.1) is 0 Å². The maximum absolute atomic E-state index is 13.3. The minimum atomic E-state index is -0.398. The van der Waals surface area contributed by atoms with Gasteiger partial charge in [0.1, 0.15) is 11.4 Å². The maximum atomic E-state index is 13.3. The van der Waals surface area contributed by atoms with Gasteiger partial charge in [-0.3, -0.25) is 4.79 Å². The maximum Gasteiger partial charge on any atom is 0.255 e. The van der Waals surface area contributed by atoms with Crippen molar-refractivity contribution in [2.75, 3.05) is 21.3 Å². The summed E-state index contributed by atoms with van der Waals surface area (Å²) >= 11 is 0. The van der Waals surface area contributed by atoms with Crippen LogP contribution >= 0.6 is 0 Å². The second-order valence-corrected chi connectivity index (χ2v) is 9.34. The van der Waals surface area contributed by atoms with E-state index in [1.165, 1.54) is 0 Å². The normalized spacial score (nSPS) is 25.2. The van der Waals surface area contributed by atoms with Gasteiger partial charge in [0.2, 0.25) is 5.75 Å². The summed E-state index contributed by atoms with van der Waals surface area (Å²) in [5.74, 6) is 3.18. The Balaban J connectivity index is 1.72. The molecule has 2 aromatic carbocycles. The van der Waals surface area contributed by atoms with Crippen molar-refractivity contribution in [2.24, 2.45) is 11.8 Å². The van der Waals surface area contributed by atoms with Crippen molar-refractivity contribution in [3.8, 4) is 23.0 Å². The standard InChI is InChI=1S/C26H29NO5/c1-13-19(14-11-17(29-4)24(31-6)18(12-14)30-5)20-21-23(32-26(2,3)22(13)20)15-9-7-8-10-16(15)27-25(21)28/h7-13,19-20,22H,1-6H3,(H,27,28). The monoisotopic (exact) mass is 435 g/mol. The lowest BCUT2D eigenvalue weighted by Crippen LogP contribution is -2.58. The Morgan fingerprint density at radius 2 is 1.62 bits per heavy atom. The smallest absolute Gasteiger partial charge is 0.255 e. The van der Waals surface area contributed by atoms with Crippen LogP contribution in [-0.4, -0.2) is 31.9 Å². The SMILES string of the molecule is COc1cc(C2C(C)C3C2c2c(c4ccccc4[nH]c2=O)OC3(C)C)cc(OC)c1OC. The molecule has 2 heterocycles. The quantitative estimate of drug-likeness (QED) is 0.634. The summed E-state index contributed by atoms with van der Waals surface area (Å²) in [6.07, 6.45) is 0. The van der Waals surface area contributed by atoms with Gasteiger partial charge in [0.05, 0.1) is 32.4 Å². The van der Waals surface area contributed by atoms with Gasteiger partial charge < -0.3 is 23.9 Å². The average Bonchev–Trinajstić information content (AvgIpc) is 2.76. The van der Waals surface area contributed by atoms with Gasteiger partial charge in [-0.25, -0.2) is 0 Å². The van der Waals surface area contributed by atoms with Crippen molar-refractivity contribution >= 4 is 10.9 Å². The van der Waals surface area contributed by atoms with Crippen LogP contribution in [0, 0.1) is 11.8 Å². The van der Waals surface area contributed by atoms with E-state index in [0.717, 1.165) is 22.0 Å². The van der Waals surface area contributed by atoms with Gasteiger partial charge in [-0.1, -0.05) is 19.1 Å². The Kier molecular flexibility index (Phi) is 4.66. The molecule has 1 N–H and O–H groups in total. The molecule has 1 fully saturated rings. The molecule has 0 bridgehead atoms. The van der Waals surface area contributed by atoms with Crippen LogP contribution in [0.3, 0.4) is 0 Å². The lowest BCUT2D eigenvalue weighted by molar-refractivity contribution is -0.0826. The number of hydrogen-bond donors (Lipinski definition) is 1. The van der Waals surface area contributed by atoms with Crippen molar-refractivity contribution < 1.29 is 18.9 Å². The fourth-order valence-corrected chi connectivity index (χ4v) is 6.16. The Hall–Kier alpha value is -3.15. The molecule has 4 unspecified atom stereocenters. The fraction of sp³-hybridized carbons (Fsp3) is 0.423. The van der Waals surface area contributed by atoms with E-state index >= 15 is 0 Å². The van der Waals surface area contributed by atoms with Crippen LogP contribution in [-0.2, 0) is 0 Å². The predicted octanol–water partition coefficient (Wildman–Crippen LogP) is 4.86. The highest BCUT2D eigenvalue weighted by Gasteiger charge is 2.60. The Morgan fingerprint density at radius 1 is 0.969 bits per heavy atom. The second-order valence-electron chi connectivity index (χ2n) is 9.34. The highest BCUT2D eigenvalue weighted by Crippen LogP contribution is 2.65. The van der Waals surface area contributed by atoms with Crippen LogP contribution in [0.4, 0.5) is 0 Å². The summed E-state index contributed by atoms with van der Waals surface area (Å²) in [5, 5.41) is 0.942. The van der Waals surface area contributed by atoms with E-state index in [-0.39, 0.29) is 23.3 Å². The molecule has 32 heavy (non-hydrogen) atoms. The lowest BCUT2D eigenvalue weighted by Gasteiger charge is -2.59. The van der Waals surface area contributed by atoms with E-state index < -0.39 is 5.60 Å². The molecule has 1 aliphatic heterocycles. The number of benzene rings is 2. The van der Waals surface area contributed by atoms with Gasteiger partial charge in [-0.2, -0.15) is 0 Å². The number of aromatic nitrogens is 1. The first kappa shape index (κ1) is 20.7. The average molecular weight is 436 g/mol. The molecule has 1 aromatic heterocycles. The molecule has 4 atom stereocenters. The molecular weight excluding hydrogens is 406 g/mol. The fourth-order valence-electron chi connectivity index (χ4n) is 6.16. The van der Waals surface area contributed by atoms with Gasteiger partial charge in [0, 0.05) is 17.2 Å². The first-order valence-electron chi connectivity index (χ1n) is 11.0. The molecule has 5 rings (SSSR count). The molecule has 0 amide bonds. The van der Waals surface area contributed by atoms with E-state index in [1.807, 2.05) is 36.4 Å². The summed E-state index contributed by atoms with van der Waals surface area (Å²) in [5.41, 5.74) is 2.13. The van der Waals surface area contributed by atoms with Crippen LogP contribution in [0.1, 0.15) is 43.7 Å². The number of H-pyrrole nitrogens is 1. The van der Waals surface area contributed by atoms with Crippen molar-refractivity contribution in [1.29, 1.82) is 0 Å². The van der Waals surface area contributed by atoms with Crippen molar-refractivity contribution in [3.05, 3.63) is 57.9 Å². The number of aromatic amines is 1. The topological polar surface area (TPSA) is 69.8 Å². The minimum absolute atomic E-state index is 0.0277. The van der Waals surface area contributed by atoms with Crippen LogP contribution in [0.5, 0.6) is 23.0 Å². The number of ether oxygens (including phenoxy) is 4. The highest BCUT2D eigenvalue weighted by molar-refractivity contribution is 5.87. The molecule has 1 aliphatic carbocycles. The molecule has 0 saturated heterocycles. The molecule has 6 heteroatoms. The van der Waals surface area contributed by atoms with Gasteiger partial charge in [-0.05, 0) is 55.5 Å². The first-order valence-corrected chi connectivity index (χ1v) is 11.0. The number of pyridine rings is 1. The van der Waals surface area contributed by atoms with E-state index in [4.69, 9.17) is 18.9 Å². The van der Waals surface area contributed by atoms with E-state index in [9.17, 15) is 4.79 Å². The van der Waals surface area contributed by atoms with E-state index in [2.05, 4.69) is 25.8 Å². The van der Waals surface area contributed by atoms with Crippen LogP contribution in [0.15, 0.2) is 41.2 Å². The molecule has 6 nitrogen and oxygen atoms in total. The molecule has 0 spiro atoms. The zero-order valence-corrected chi connectivity index (χ0v) is 19.3. The number of methoxy groups -OCH3 is 3. The van der Waals surface area contributed by atoms with Crippen LogP contribution < -0.4 is 24.5 Å². The van der Waals surface area contributed by atoms with Crippen molar-refractivity contribution in [3.63, 3.8) is 0 Å². The third-order valence-electron chi connectivity index (χ3n) is 7.39. The lowest BCUT2D eigenvalue weighted by atomic mass is 9.48. The molecule has 168 valence electrons. The third kappa shape index (κ3) is 2.74. The van der Waals surface area contributed by atoms with Crippen LogP contribution in [0.25, 0.3) is 10.9 Å². The van der Waals surface area contributed by atoms with Crippen LogP contribution in [0.2, 0.25) is 0 Å². The molecule has 2 aliphatic rings. The Bertz CT molecular complexity index is 1240. The molecule has 3 aromatic rings. The summed E-state index contributed by atoms with van der Waals surface area (Å²) in [6, 6.07) is 11.8. The van der Waals surface area contributed by atoms with E-state index in [1.54, 1.807) is 21.3 Å². The largest absolute Gasteiger partial charge is 0.493 e. The van der Waals surface area contributed by atoms with E-state index in [0.29, 0.717) is 28.9 Å². The summed E-state index contributed by atoms with van der Waals surface area (Å²) in [7, 11) is 4.85. The number of para-hydroxylation sites is 1.